The molecule has 2 N–H and O–H groups in total. The first-order valence-corrected chi connectivity index (χ1v) is 5.86. The Bertz CT molecular complexity index is 520. The van der Waals surface area contributed by atoms with Gasteiger partial charge in [0.1, 0.15) is 16.4 Å². The normalized spacial score (nSPS) is 10.4. The molecule has 0 aliphatic heterocycles. The highest BCUT2D eigenvalue weighted by Gasteiger charge is 2.12. The van der Waals surface area contributed by atoms with E-state index in [-0.39, 0.29) is 0 Å². The number of hydrogen-bond acceptors (Lipinski definition) is 4. The molecule has 4 heteroatoms. The lowest BCUT2D eigenvalue weighted by atomic mass is 10.0. The summed E-state index contributed by atoms with van der Waals surface area (Å²) in [5.41, 5.74) is 11.8. The second-order valence-corrected chi connectivity index (χ2v) is 4.59. The molecule has 0 saturated carbocycles. The fourth-order valence-electron chi connectivity index (χ4n) is 1.60. The fraction of sp³-hybridized carbons (Fsp3) is 0.250. The van der Waals surface area contributed by atoms with Crippen molar-refractivity contribution in [2.45, 2.75) is 13.8 Å². The molecule has 84 valence electrons. The van der Waals surface area contributed by atoms with Gasteiger partial charge in [0.15, 0.2) is 0 Å². The van der Waals surface area contributed by atoms with Crippen LogP contribution < -0.4 is 10.5 Å². The topological polar surface area (TPSA) is 48.1 Å². The van der Waals surface area contributed by atoms with Gasteiger partial charge >= 0.3 is 0 Å². The van der Waals surface area contributed by atoms with Gasteiger partial charge in [0, 0.05) is 5.56 Å². The minimum Gasteiger partial charge on any atom is -0.496 e. The predicted octanol–water partition coefficient (Wildman–Crippen LogP) is 3.02. The minimum absolute atomic E-state index is 0.724. The lowest BCUT2D eigenvalue weighted by molar-refractivity contribution is 0.416. The summed E-state index contributed by atoms with van der Waals surface area (Å²) in [6.45, 7) is 4.13. The van der Waals surface area contributed by atoms with E-state index in [1.165, 1.54) is 22.5 Å². The Morgan fingerprint density at radius 3 is 2.50 bits per heavy atom. The number of rotatable bonds is 2. The van der Waals surface area contributed by atoms with Crippen molar-refractivity contribution < 1.29 is 4.74 Å². The third kappa shape index (κ3) is 1.76. The largest absolute Gasteiger partial charge is 0.496 e. The monoisotopic (exact) mass is 234 g/mol. The molecular weight excluding hydrogens is 220 g/mol. The summed E-state index contributed by atoms with van der Waals surface area (Å²) in [4.78, 5) is 4.28. The average molecular weight is 234 g/mol. The second kappa shape index (κ2) is 4.14. The zero-order valence-corrected chi connectivity index (χ0v) is 10.4. The molecule has 2 aromatic rings. The number of aryl methyl sites for hydroxylation is 2. The number of anilines is 1. The van der Waals surface area contributed by atoms with Crippen LogP contribution >= 0.6 is 11.3 Å². The van der Waals surface area contributed by atoms with E-state index in [0.717, 1.165) is 22.0 Å². The maximum Gasteiger partial charge on any atom is 0.128 e. The Kier molecular flexibility index (Phi) is 2.83. The number of ether oxygens (including phenoxy) is 1. The lowest BCUT2D eigenvalue weighted by Crippen LogP contribution is -1.94. The van der Waals surface area contributed by atoms with Crippen LogP contribution in [0.4, 0.5) is 5.00 Å². The van der Waals surface area contributed by atoms with Crippen LogP contribution in [-0.2, 0) is 0 Å². The summed E-state index contributed by atoms with van der Waals surface area (Å²) in [5, 5.41) is 0.724. The van der Waals surface area contributed by atoms with Gasteiger partial charge in [-0.1, -0.05) is 0 Å². The molecule has 0 aliphatic rings. The standard InChI is InChI=1S/C12H14N2OS/c1-7-4-9(10(15-3)5-8(7)2)11-12(13)16-6-14-11/h4-6H,13H2,1-3H3. The van der Waals surface area contributed by atoms with Crippen molar-refractivity contribution in [3.05, 3.63) is 28.8 Å². The van der Waals surface area contributed by atoms with Gasteiger partial charge < -0.3 is 10.5 Å². The molecule has 0 bridgehead atoms. The molecular formula is C12H14N2OS. The van der Waals surface area contributed by atoms with E-state index < -0.39 is 0 Å². The van der Waals surface area contributed by atoms with Crippen molar-refractivity contribution in [2.75, 3.05) is 12.8 Å². The number of hydrogen-bond donors (Lipinski definition) is 1. The molecule has 16 heavy (non-hydrogen) atoms. The number of nitrogens with zero attached hydrogens (tertiary/aromatic N) is 1. The molecule has 0 radical (unpaired) electrons. The van der Waals surface area contributed by atoms with Gasteiger partial charge in [-0.3, -0.25) is 0 Å². The zero-order valence-electron chi connectivity index (χ0n) is 9.57. The number of aromatic nitrogens is 1. The number of nitrogens with two attached hydrogens (primary N) is 1. The van der Waals surface area contributed by atoms with Crippen LogP contribution in [0.2, 0.25) is 0 Å². The highest BCUT2D eigenvalue weighted by Crippen LogP contribution is 2.36. The Labute approximate surface area is 98.9 Å². The van der Waals surface area contributed by atoms with Gasteiger partial charge in [-0.25, -0.2) is 4.98 Å². The van der Waals surface area contributed by atoms with Gasteiger partial charge in [0.05, 0.1) is 12.6 Å². The maximum absolute atomic E-state index is 5.88. The van der Waals surface area contributed by atoms with Crippen molar-refractivity contribution in [3.8, 4) is 17.0 Å². The van der Waals surface area contributed by atoms with Crippen LogP contribution in [0.3, 0.4) is 0 Å². The van der Waals surface area contributed by atoms with E-state index in [0.29, 0.717) is 0 Å². The molecule has 2 rings (SSSR count). The number of thiazole rings is 1. The number of methoxy groups -OCH3 is 1. The van der Waals surface area contributed by atoms with Crippen LogP contribution in [-0.4, -0.2) is 12.1 Å². The van der Waals surface area contributed by atoms with Crippen LogP contribution in [0.15, 0.2) is 17.6 Å². The summed E-state index contributed by atoms with van der Waals surface area (Å²) >= 11 is 1.44. The first-order chi connectivity index (χ1) is 7.63. The summed E-state index contributed by atoms with van der Waals surface area (Å²) < 4.78 is 5.37. The summed E-state index contributed by atoms with van der Waals surface area (Å²) in [7, 11) is 1.66. The van der Waals surface area contributed by atoms with E-state index in [1.807, 2.05) is 6.07 Å². The summed E-state index contributed by atoms with van der Waals surface area (Å²) in [6.07, 6.45) is 0. The molecule has 1 aromatic carbocycles. The van der Waals surface area contributed by atoms with Gasteiger partial charge in [-0.2, -0.15) is 0 Å². The number of benzene rings is 1. The molecule has 0 aliphatic carbocycles. The highest BCUT2D eigenvalue weighted by atomic mass is 32.1. The first-order valence-electron chi connectivity index (χ1n) is 4.98. The lowest BCUT2D eigenvalue weighted by Gasteiger charge is -2.10. The molecule has 3 nitrogen and oxygen atoms in total. The number of nitrogen functional groups attached to an aromatic ring is 1. The van der Waals surface area contributed by atoms with Crippen molar-refractivity contribution in [2.24, 2.45) is 0 Å². The van der Waals surface area contributed by atoms with Gasteiger partial charge in [-0.05, 0) is 37.1 Å². The third-order valence-electron chi connectivity index (χ3n) is 2.67. The van der Waals surface area contributed by atoms with E-state index in [2.05, 4.69) is 24.9 Å². The van der Waals surface area contributed by atoms with Crippen LogP contribution in [0.25, 0.3) is 11.3 Å². The Balaban J connectivity index is 2.64. The predicted molar refractivity (Wildman–Crippen MR) is 68.0 cm³/mol. The van der Waals surface area contributed by atoms with Crippen molar-refractivity contribution >= 4 is 16.3 Å². The van der Waals surface area contributed by atoms with Crippen molar-refractivity contribution in [1.29, 1.82) is 0 Å². The summed E-state index contributed by atoms with van der Waals surface area (Å²) in [6, 6.07) is 4.09. The molecule has 1 heterocycles. The van der Waals surface area contributed by atoms with E-state index >= 15 is 0 Å². The molecule has 1 aromatic heterocycles. The first kappa shape index (κ1) is 11.0. The molecule has 0 saturated heterocycles. The SMILES string of the molecule is COc1cc(C)c(C)cc1-c1ncsc1N. The molecule has 0 unspecified atom stereocenters. The van der Waals surface area contributed by atoms with Crippen molar-refractivity contribution in [1.82, 2.24) is 4.98 Å². The Morgan fingerprint density at radius 1 is 1.25 bits per heavy atom. The molecule has 0 amide bonds. The van der Waals surface area contributed by atoms with Gasteiger partial charge in [0.25, 0.3) is 0 Å². The van der Waals surface area contributed by atoms with Crippen LogP contribution in [0.5, 0.6) is 5.75 Å². The Hall–Kier alpha value is -1.55. The van der Waals surface area contributed by atoms with E-state index in [4.69, 9.17) is 10.5 Å². The molecule has 0 spiro atoms. The fourth-order valence-corrected chi connectivity index (χ4v) is 2.15. The smallest absolute Gasteiger partial charge is 0.128 e. The van der Waals surface area contributed by atoms with Crippen LogP contribution in [0.1, 0.15) is 11.1 Å². The van der Waals surface area contributed by atoms with Gasteiger partial charge in [0.2, 0.25) is 0 Å². The van der Waals surface area contributed by atoms with E-state index in [9.17, 15) is 0 Å². The quantitative estimate of drug-likeness (QED) is 0.869. The second-order valence-electron chi connectivity index (χ2n) is 3.70. The summed E-state index contributed by atoms with van der Waals surface area (Å²) in [5.74, 6) is 0.820. The zero-order chi connectivity index (χ0) is 11.7. The minimum atomic E-state index is 0.724. The van der Waals surface area contributed by atoms with Gasteiger partial charge in [-0.15, -0.1) is 11.3 Å². The molecule has 0 fully saturated rings. The van der Waals surface area contributed by atoms with Crippen LogP contribution in [0, 0.1) is 13.8 Å². The third-order valence-corrected chi connectivity index (χ3v) is 3.32. The highest BCUT2D eigenvalue weighted by molar-refractivity contribution is 7.14. The average Bonchev–Trinajstić information content (AvgIpc) is 2.68. The maximum atomic E-state index is 5.88. The molecule has 0 atom stereocenters. The van der Waals surface area contributed by atoms with Crippen molar-refractivity contribution in [3.63, 3.8) is 0 Å². The van der Waals surface area contributed by atoms with E-state index in [1.54, 1.807) is 12.6 Å². The Morgan fingerprint density at radius 2 is 1.94 bits per heavy atom.